The summed E-state index contributed by atoms with van der Waals surface area (Å²) in [6.07, 6.45) is 4.97. The van der Waals surface area contributed by atoms with E-state index in [2.05, 4.69) is 15.3 Å². The molecular formula is C12H16ClN3O. The lowest BCUT2D eigenvalue weighted by Crippen LogP contribution is -2.19. The van der Waals surface area contributed by atoms with E-state index in [1.165, 1.54) is 12.8 Å². The average molecular weight is 254 g/mol. The highest BCUT2D eigenvalue weighted by atomic mass is 35.5. The number of halogens is 1. The van der Waals surface area contributed by atoms with Crippen LogP contribution < -0.4 is 5.32 Å². The van der Waals surface area contributed by atoms with Crippen LogP contribution in [0, 0.1) is 0 Å². The molecule has 2 heterocycles. The first-order valence-corrected chi connectivity index (χ1v) is 6.59. The lowest BCUT2D eigenvalue weighted by Gasteiger charge is -2.12. The fraction of sp³-hybridized carbons (Fsp3) is 0.667. The van der Waals surface area contributed by atoms with Crippen molar-refractivity contribution in [1.82, 2.24) is 9.97 Å². The predicted octanol–water partition coefficient (Wildman–Crippen LogP) is 2.60. The van der Waals surface area contributed by atoms with E-state index in [1.807, 2.05) is 0 Å². The summed E-state index contributed by atoms with van der Waals surface area (Å²) in [6.45, 7) is 1.68. The number of aromatic nitrogens is 2. The fourth-order valence-electron chi connectivity index (χ4n) is 2.07. The van der Waals surface area contributed by atoms with Crippen LogP contribution >= 0.6 is 11.6 Å². The number of hydrogen-bond acceptors (Lipinski definition) is 4. The minimum absolute atomic E-state index is 0.313. The van der Waals surface area contributed by atoms with Crippen LogP contribution in [0.3, 0.4) is 0 Å². The van der Waals surface area contributed by atoms with Gasteiger partial charge in [0.25, 0.3) is 0 Å². The van der Waals surface area contributed by atoms with Crippen LogP contribution in [0.5, 0.6) is 0 Å². The molecular weight excluding hydrogens is 238 g/mol. The Hall–Kier alpha value is -0.870. The smallest absolute Gasteiger partial charge is 0.135 e. The third-order valence-electron chi connectivity index (χ3n) is 3.19. The summed E-state index contributed by atoms with van der Waals surface area (Å²) < 4.78 is 5.56. The predicted molar refractivity (Wildman–Crippen MR) is 66.5 cm³/mol. The molecule has 2 fully saturated rings. The van der Waals surface area contributed by atoms with Crippen LogP contribution in [0.4, 0.5) is 5.82 Å². The quantitative estimate of drug-likeness (QED) is 0.838. The maximum Gasteiger partial charge on any atom is 0.135 e. The SMILES string of the molecule is Clc1cc(NCC2CCCO2)nc(C2CC2)n1. The number of nitrogens with one attached hydrogen (secondary N) is 1. The summed E-state index contributed by atoms with van der Waals surface area (Å²) in [7, 11) is 0. The first-order valence-electron chi connectivity index (χ1n) is 6.21. The van der Waals surface area contributed by atoms with Crippen molar-refractivity contribution in [2.75, 3.05) is 18.5 Å². The molecule has 1 atom stereocenters. The molecule has 1 aromatic rings. The Morgan fingerprint density at radius 3 is 2.94 bits per heavy atom. The Morgan fingerprint density at radius 1 is 1.35 bits per heavy atom. The van der Waals surface area contributed by atoms with E-state index < -0.39 is 0 Å². The molecule has 1 N–H and O–H groups in total. The van der Waals surface area contributed by atoms with Crippen LogP contribution in [-0.4, -0.2) is 29.2 Å². The molecule has 3 rings (SSSR count). The van der Waals surface area contributed by atoms with Crippen molar-refractivity contribution in [2.24, 2.45) is 0 Å². The van der Waals surface area contributed by atoms with E-state index in [1.54, 1.807) is 6.07 Å². The van der Waals surface area contributed by atoms with Crippen molar-refractivity contribution in [3.63, 3.8) is 0 Å². The number of anilines is 1. The fourth-order valence-corrected chi connectivity index (χ4v) is 2.26. The van der Waals surface area contributed by atoms with Crippen LogP contribution in [0.2, 0.25) is 5.15 Å². The maximum absolute atomic E-state index is 5.99. The van der Waals surface area contributed by atoms with E-state index in [9.17, 15) is 0 Å². The summed E-state index contributed by atoms with van der Waals surface area (Å²) in [5.74, 6) is 2.23. The van der Waals surface area contributed by atoms with Gasteiger partial charge in [-0.25, -0.2) is 9.97 Å². The Kier molecular flexibility index (Phi) is 3.16. The number of ether oxygens (including phenoxy) is 1. The summed E-state index contributed by atoms with van der Waals surface area (Å²) in [4.78, 5) is 8.75. The molecule has 2 aliphatic rings. The number of rotatable bonds is 4. The molecule has 1 unspecified atom stereocenters. The van der Waals surface area contributed by atoms with Gasteiger partial charge in [0, 0.05) is 25.1 Å². The molecule has 0 bridgehead atoms. The van der Waals surface area contributed by atoms with Crippen molar-refractivity contribution < 1.29 is 4.74 Å². The number of hydrogen-bond donors (Lipinski definition) is 1. The Balaban J connectivity index is 1.64. The molecule has 1 aromatic heterocycles. The molecule has 0 aromatic carbocycles. The summed E-state index contributed by atoms with van der Waals surface area (Å²) in [5.41, 5.74) is 0. The van der Waals surface area contributed by atoms with E-state index in [0.29, 0.717) is 17.2 Å². The Labute approximate surface area is 106 Å². The van der Waals surface area contributed by atoms with Crippen molar-refractivity contribution in [1.29, 1.82) is 0 Å². The molecule has 0 radical (unpaired) electrons. The Bertz CT molecular complexity index is 403. The molecule has 92 valence electrons. The second kappa shape index (κ2) is 4.78. The zero-order valence-electron chi connectivity index (χ0n) is 9.66. The van der Waals surface area contributed by atoms with E-state index in [0.717, 1.165) is 37.6 Å². The first kappa shape index (κ1) is 11.2. The third kappa shape index (κ3) is 2.87. The minimum Gasteiger partial charge on any atom is -0.376 e. The molecule has 1 saturated carbocycles. The van der Waals surface area contributed by atoms with Gasteiger partial charge in [0.15, 0.2) is 0 Å². The van der Waals surface area contributed by atoms with Crippen molar-refractivity contribution in [3.05, 3.63) is 17.0 Å². The molecule has 1 aliphatic carbocycles. The zero-order chi connectivity index (χ0) is 11.7. The van der Waals surface area contributed by atoms with Gasteiger partial charge in [-0.1, -0.05) is 11.6 Å². The normalized spacial score (nSPS) is 23.9. The monoisotopic (exact) mass is 253 g/mol. The average Bonchev–Trinajstić information content (AvgIpc) is 3.04. The summed E-state index contributed by atoms with van der Waals surface area (Å²) in [5, 5.41) is 3.81. The standard InChI is InChI=1S/C12H16ClN3O/c13-10-6-11(14-7-9-2-1-5-17-9)16-12(15-10)8-3-4-8/h6,8-9H,1-5,7H2,(H,14,15,16). The van der Waals surface area contributed by atoms with Gasteiger partial charge in [-0.3, -0.25) is 0 Å². The second-order valence-corrected chi connectivity index (χ2v) is 5.11. The lowest BCUT2D eigenvalue weighted by atomic mass is 10.2. The molecule has 5 heteroatoms. The van der Waals surface area contributed by atoms with Crippen molar-refractivity contribution in [3.8, 4) is 0 Å². The van der Waals surface area contributed by atoms with Gasteiger partial charge in [-0.2, -0.15) is 0 Å². The van der Waals surface area contributed by atoms with Gasteiger partial charge in [0.1, 0.15) is 16.8 Å². The van der Waals surface area contributed by atoms with Gasteiger partial charge in [-0.15, -0.1) is 0 Å². The molecule has 0 amide bonds. The summed E-state index contributed by atoms with van der Waals surface area (Å²) >= 11 is 5.99. The largest absolute Gasteiger partial charge is 0.376 e. The van der Waals surface area contributed by atoms with Crippen LogP contribution in [-0.2, 0) is 4.74 Å². The van der Waals surface area contributed by atoms with Gasteiger partial charge < -0.3 is 10.1 Å². The third-order valence-corrected chi connectivity index (χ3v) is 3.38. The zero-order valence-corrected chi connectivity index (χ0v) is 10.4. The van der Waals surface area contributed by atoms with Crippen LogP contribution in [0.15, 0.2) is 6.07 Å². The molecule has 0 spiro atoms. The first-order chi connectivity index (χ1) is 8.31. The lowest BCUT2D eigenvalue weighted by molar-refractivity contribution is 0.120. The summed E-state index contributed by atoms with van der Waals surface area (Å²) in [6, 6.07) is 1.78. The highest BCUT2D eigenvalue weighted by Gasteiger charge is 2.27. The molecule has 1 aliphatic heterocycles. The van der Waals surface area contributed by atoms with Crippen LogP contribution in [0.1, 0.15) is 37.4 Å². The molecule has 4 nitrogen and oxygen atoms in total. The van der Waals surface area contributed by atoms with Gasteiger partial charge in [0.05, 0.1) is 6.10 Å². The maximum atomic E-state index is 5.99. The van der Waals surface area contributed by atoms with Gasteiger partial charge >= 0.3 is 0 Å². The Morgan fingerprint density at radius 2 is 2.24 bits per heavy atom. The van der Waals surface area contributed by atoms with E-state index >= 15 is 0 Å². The highest BCUT2D eigenvalue weighted by Crippen LogP contribution is 2.38. The van der Waals surface area contributed by atoms with Gasteiger partial charge in [0.2, 0.25) is 0 Å². The minimum atomic E-state index is 0.313. The number of nitrogens with zero attached hydrogens (tertiary/aromatic N) is 2. The van der Waals surface area contributed by atoms with Crippen LogP contribution in [0.25, 0.3) is 0 Å². The van der Waals surface area contributed by atoms with E-state index in [-0.39, 0.29) is 0 Å². The van der Waals surface area contributed by atoms with Gasteiger partial charge in [-0.05, 0) is 25.7 Å². The highest BCUT2D eigenvalue weighted by molar-refractivity contribution is 6.29. The molecule has 17 heavy (non-hydrogen) atoms. The molecule has 1 saturated heterocycles. The van der Waals surface area contributed by atoms with E-state index in [4.69, 9.17) is 16.3 Å². The second-order valence-electron chi connectivity index (χ2n) is 4.72. The topological polar surface area (TPSA) is 47.0 Å². The van der Waals surface area contributed by atoms with Crippen molar-refractivity contribution in [2.45, 2.75) is 37.7 Å². The van der Waals surface area contributed by atoms with Crippen molar-refractivity contribution >= 4 is 17.4 Å².